The van der Waals surface area contributed by atoms with Gasteiger partial charge in [0, 0.05) is 18.8 Å². The van der Waals surface area contributed by atoms with Gasteiger partial charge in [0.25, 0.3) is 5.56 Å². The van der Waals surface area contributed by atoms with Gasteiger partial charge in [-0.1, -0.05) is 0 Å². The third-order valence-electron chi connectivity index (χ3n) is 2.31. The number of aliphatic hydroxyl groups excluding tert-OH is 1. The molecule has 0 radical (unpaired) electrons. The average Bonchev–Trinajstić information content (AvgIpc) is 2.17. The minimum absolute atomic E-state index is 0.0379. The van der Waals surface area contributed by atoms with Gasteiger partial charge < -0.3 is 9.67 Å². The summed E-state index contributed by atoms with van der Waals surface area (Å²) < 4.78 is 1.52. The molecule has 0 aromatic carbocycles. The Morgan fingerprint density at radius 2 is 2.13 bits per heavy atom. The molecule has 0 amide bonds. The first kappa shape index (κ1) is 11.7. The Morgan fingerprint density at radius 3 is 2.67 bits per heavy atom. The van der Waals surface area contributed by atoms with Gasteiger partial charge in [-0.05, 0) is 32.4 Å². The summed E-state index contributed by atoms with van der Waals surface area (Å²) in [6, 6.07) is 3.30. The predicted octanol–water partition coefficient (Wildman–Crippen LogP) is 0.742. The highest BCUT2D eigenvalue weighted by molar-refractivity contribution is 5.93. The summed E-state index contributed by atoms with van der Waals surface area (Å²) in [6.45, 7) is 3.67. The lowest BCUT2D eigenvalue weighted by molar-refractivity contribution is 0.101. The van der Waals surface area contributed by atoms with Crippen LogP contribution in [0.25, 0.3) is 0 Å². The van der Waals surface area contributed by atoms with Crippen molar-refractivity contribution in [1.82, 2.24) is 4.57 Å². The van der Waals surface area contributed by atoms with Crippen LogP contribution in [0.15, 0.2) is 16.9 Å². The molecule has 0 fully saturated rings. The number of hydrogen-bond acceptors (Lipinski definition) is 3. The van der Waals surface area contributed by atoms with E-state index in [0.717, 1.165) is 5.69 Å². The number of nitrogens with zero attached hydrogens (tertiary/aromatic N) is 1. The molecule has 1 N–H and O–H groups in total. The summed E-state index contributed by atoms with van der Waals surface area (Å²) in [5.41, 5.74) is 0.743. The molecule has 0 aliphatic rings. The van der Waals surface area contributed by atoms with E-state index in [0.29, 0.717) is 13.0 Å². The minimum Gasteiger partial charge on any atom is -0.396 e. The Bertz CT molecular complexity index is 420. The molecule has 1 rings (SSSR count). The van der Waals surface area contributed by atoms with Crippen LogP contribution in [0.3, 0.4) is 0 Å². The molecular formula is C11H15NO3. The molecular weight excluding hydrogens is 194 g/mol. The van der Waals surface area contributed by atoms with Gasteiger partial charge in [0.05, 0.1) is 5.56 Å². The molecule has 0 bridgehead atoms. The third kappa shape index (κ3) is 2.53. The van der Waals surface area contributed by atoms with Crippen molar-refractivity contribution >= 4 is 5.78 Å². The molecule has 1 heterocycles. The maximum Gasteiger partial charge on any atom is 0.261 e. The number of aromatic nitrogens is 1. The van der Waals surface area contributed by atoms with E-state index < -0.39 is 0 Å². The first-order valence-electron chi connectivity index (χ1n) is 4.90. The van der Waals surface area contributed by atoms with Crippen LogP contribution >= 0.6 is 0 Å². The van der Waals surface area contributed by atoms with Gasteiger partial charge in [-0.25, -0.2) is 0 Å². The highest BCUT2D eigenvalue weighted by Gasteiger charge is 2.09. The monoisotopic (exact) mass is 209 g/mol. The van der Waals surface area contributed by atoms with E-state index in [1.807, 2.05) is 6.92 Å². The van der Waals surface area contributed by atoms with Gasteiger partial charge >= 0.3 is 0 Å². The Balaban J connectivity index is 3.18. The van der Waals surface area contributed by atoms with Crippen LogP contribution in [0.4, 0.5) is 0 Å². The smallest absolute Gasteiger partial charge is 0.261 e. The summed E-state index contributed by atoms with van der Waals surface area (Å²) in [6.07, 6.45) is 0.516. The van der Waals surface area contributed by atoms with Crippen molar-refractivity contribution < 1.29 is 9.90 Å². The van der Waals surface area contributed by atoms with Gasteiger partial charge in [-0.2, -0.15) is 0 Å². The number of carbonyl (C=O) groups is 1. The highest BCUT2D eigenvalue weighted by Crippen LogP contribution is 2.00. The van der Waals surface area contributed by atoms with Crippen LogP contribution < -0.4 is 5.56 Å². The lowest BCUT2D eigenvalue weighted by Gasteiger charge is -2.09. The second-order valence-corrected chi connectivity index (χ2v) is 3.48. The molecule has 0 saturated carbocycles. The molecule has 0 aliphatic heterocycles. The maximum atomic E-state index is 11.8. The molecule has 0 saturated heterocycles. The molecule has 4 nitrogen and oxygen atoms in total. The van der Waals surface area contributed by atoms with E-state index in [1.54, 1.807) is 12.1 Å². The van der Waals surface area contributed by atoms with E-state index in [2.05, 4.69) is 0 Å². The normalized spacial score (nSPS) is 10.3. The molecule has 0 aliphatic carbocycles. The number of carbonyl (C=O) groups excluding carboxylic acids is 1. The van der Waals surface area contributed by atoms with E-state index in [-0.39, 0.29) is 23.5 Å². The van der Waals surface area contributed by atoms with E-state index in [4.69, 9.17) is 5.11 Å². The van der Waals surface area contributed by atoms with Crippen LogP contribution in [0.2, 0.25) is 0 Å². The number of aliphatic hydroxyl groups is 1. The molecule has 4 heteroatoms. The van der Waals surface area contributed by atoms with Crippen molar-refractivity contribution in [3.8, 4) is 0 Å². The van der Waals surface area contributed by atoms with Crippen LogP contribution in [0.5, 0.6) is 0 Å². The molecule has 82 valence electrons. The largest absolute Gasteiger partial charge is 0.396 e. The van der Waals surface area contributed by atoms with Crippen LogP contribution in [0, 0.1) is 6.92 Å². The van der Waals surface area contributed by atoms with Crippen molar-refractivity contribution in [3.63, 3.8) is 0 Å². The number of hydrogen-bond donors (Lipinski definition) is 1. The summed E-state index contributed by atoms with van der Waals surface area (Å²) in [7, 11) is 0. The number of ketones is 1. The molecule has 0 spiro atoms. The van der Waals surface area contributed by atoms with Gasteiger partial charge in [0.1, 0.15) is 0 Å². The summed E-state index contributed by atoms with van der Waals surface area (Å²) >= 11 is 0. The van der Waals surface area contributed by atoms with Crippen molar-refractivity contribution in [1.29, 1.82) is 0 Å². The zero-order valence-corrected chi connectivity index (χ0v) is 8.99. The van der Waals surface area contributed by atoms with Gasteiger partial charge in [0.15, 0.2) is 5.78 Å². The highest BCUT2D eigenvalue weighted by atomic mass is 16.3. The molecule has 0 unspecified atom stereocenters. The summed E-state index contributed by atoms with van der Waals surface area (Å²) in [4.78, 5) is 22.9. The Kier molecular flexibility index (Phi) is 3.80. The Morgan fingerprint density at radius 1 is 1.47 bits per heavy atom. The van der Waals surface area contributed by atoms with Crippen molar-refractivity contribution in [2.45, 2.75) is 26.8 Å². The van der Waals surface area contributed by atoms with Gasteiger partial charge in [-0.15, -0.1) is 0 Å². The standard InChI is InChI=1S/C11H15NO3/c1-8-4-5-10(9(2)14)11(15)12(8)6-3-7-13/h4-5,13H,3,6-7H2,1-2H3. The van der Waals surface area contributed by atoms with Crippen molar-refractivity contribution in [2.75, 3.05) is 6.61 Å². The zero-order chi connectivity index (χ0) is 11.4. The van der Waals surface area contributed by atoms with Gasteiger partial charge in [0.2, 0.25) is 0 Å². The lowest BCUT2D eigenvalue weighted by Crippen LogP contribution is -2.27. The van der Waals surface area contributed by atoms with Crippen LogP contribution in [-0.4, -0.2) is 22.1 Å². The minimum atomic E-state index is -0.268. The third-order valence-corrected chi connectivity index (χ3v) is 2.31. The fourth-order valence-electron chi connectivity index (χ4n) is 1.45. The fraction of sp³-hybridized carbons (Fsp3) is 0.455. The first-order valence-corrected chi connectivity index (χ1v) is 4.90. The fourth-order valence-corrected chi connectivity index (χ4v) is 1.45. The zero-order valence-electron chi connectivity index (χ0n) is 8.99. The maximum absolute atomic E-state index is 11.8. The predicted molar refractivity (Wildman–Crippen MR) is 57.1 cm³/mol. The summed E-state index contributed by atoms with van der Waals surface area (Å²) in [5.74, 6) is -0.224. The first-order chi connectivity index (χ1) is 7.07. The average molecular weight is 209 g/mol. The Hall–Kier alpha value is -1.42. The van der Waals surface area contributed by atoms with Crippen molar-refractivity contribution in [2.24, 2.45) is 0 Å². The van der Waals surface area contributed by atoms with E-state index >= 15 is 0 Å². The summed E-state index contributed by atoms with van der Waals surface area (Å²) in [5, 5.41) is 8.71. The molecule has 15 heavy (non-hydrogen) atoms. The number of Topliss-reactive ketones (excluding diaryl/α,β-unsaturated/α-hetero) is 1. The topological polar surface area (TPSA) is 59.3 Å². The van der Waals surface area contributed by atoms with E-state index in [1.165, 1.54) is 11.5 Å². The molecule has 1 aromatic rings. The molecule has 0 atom stereocenters. The number of rotatable bonds is 4. The van der Waals surface area contributed by atoms with Gasteiger partial charge in [-0.3, -0.25) is 9.59 Å². The number of aryl methyl sites for hydroxylation is 1. The molecule has 1 aromatic heterocycles. The van der Waals surface area contributed by atoms with Crippen LogP contribution in [0.1, 0.15) is 29.4 Å². The van der Waals surface area contributed by atoms with Crippen LogP contribution in [-0.2, 0) is 6.54 Å². The van der Waals surface area contributed by atoms with Crippen molar-refractivity contribution in [3.05, 3.63) is 33.7 Å². The number of pyridine rings is 1. The second-order valence-electron chi connectivity index (χ2n) is 3.48. The lowest BCUT2D eigenvalue weighted by atomic mass is 10.2. The SMILES string of the molecule is CC(=O)c1ccc(C)n(CCCO)c1=O. The second kappa shape index (κ2) is 4.89. The quantitative estimate of drug-likeness (QED) is 0.744. The van der Waals surface area contributed by atoms with E-state index in [9.17, 15) is 9.59 Å². The Labute approximate surface area is 88.2 Å².